The quantitative estimate of drug-likeness (QED) is 0.733. The zero-order valence-corrected chi connectivity index (χ0v) is 16.0. The standard InChI is InChI=1S/C20H21FN4O2.ClH/c21-15-5-1-2-6-17(15)24-19(27)23-16-7-3-4-13-12-25(11-8-14(13)16)18(26)20(22)9-10-20;/h1-7H,8-12,22H2,(H2,23,24,27);1H. The van der Waals surface area contributed by atoms with E-state index in [0.29, 0.717) is 25.2 Å². The maximum absolute atomic E-state index is 13.7. The van der Waals surface area contributed by atoms with Crippen LogP contribution in [0.1, 0.15) is 24.0 Å². The van der Waals surface area contributed by atoms with Crippen LogP contribution in [0.4, 0.5) is 20.6 Å². The number of carbonyl (C=O) groups is 2. The van der Waals surface area contributed by atoms with Gasteiger partial charge >= 0.3 is 6.03 Å². The first-order valence-corrected chi connectivity index (χ1v) is 8.98. The molecule has 4 N–H and O–H groups in total. The Hall–Kier alpha value is -2.64. The van der Waals surface area contributed by atoms with E-state index >= 15 is 0 Å². The molecule has 2 aromatic rings. The van der Waals surface area contributed by atoms with E-state index in [-0.39, 0.29) is 24.0 Å². The molecule has 0 aromatic heterocycles. The van der Waals surface area contributed by atoms with Gasteiger partial charge in [-0.2, -0.15) is 0 Å². The minimum atomic E-state index is -0.674. The highest BCUT2D eigenvalue weighted by atomic mass is 35.5. The van der Waals surface area contributed by atoms with Gasteiger partial charge in [-0.1, -0.05) is 24.3 Å². The SMILES string of the molecule is Cl.NC1(C(=O)N2CCc3c(cccc3NC(=O)Nc3ccccc3F)C2)CC1. The minimum absolute atomic E-state index is 0. The maximum Gasteiger partial charge on any atom is 0.323 e. The summed E-state index contributed by atoms with van der Waals surface area (Å²) in [5.74, 6) is -0.489. The third-order valence-electron chi connectivity index (χ3n) is 5.14. The van der Waals surface area contributed by atoms with Crippen molar-refractivity contribution >= 4 is 35.7 Å². The predicted octanol–water partition coefficient (Wildman–Crippen LogP) is 3.27. The van der Waals surface area contributed by atoms with Crippen LogP contribution >= 0.6 is 12.4 Å². The number of fused-ring (bicyclic) bond motifs is 1. The fourth-order valence-electron chi connectivity index (χ4n) is 3.40. The van der Waals surface area contributed by atoms with Crippen molar-refractivity contribution in [1.82, 2.24) is 4.90 Å². The molecule has 1 fully saturated rings. The van der Waals surface area contributed by atoms with Crippen molar-refractivity contribution in [2.75, 3.05) is 17.2 Å². The van der Waals surface area contributed by atoms with E-state index in [1.807, 2.05) is 18.2 Å². The fourth-order valence-corrected chi connectivity index (χ4v) is 3.40. The lowest BCUT2D eigenvalue weighted by molar-refractivity contribution is -0.134. The molecule has 8 heteroatoms. The van der Waals surface area contributed by atoms with E-state index in [1.54, 1.807) is 17.0 Å². The van der Waals surface area contributed by atoms with Crippen LogP contribution in [-0.4, -0.2) is 28.9 Å². The summed E-state index contributed by atoms with van der Waals surface area (Å²) < 4.78 is 13.7. The average molecular weight is 405 g/mol. The zero-order valence-electron chi connectivity index (χ0n) is 15.2. The molecule has 0 radical (unpaired) electrons. The summed E-state index contributed by atoms with van der Waals surface area (Å²) in [6.07, 6.45) is 2.12. The number of amides is 3. The van der Waals surface area contributed by atoms with Gasteiger partial charge in [0.25, 0.3) is 0 Å². The minimum Gasteiger partial charge on any atom is -0.336 e. The van der Waals surface area contributed by atoms with Crippen LogP contribution in [0.2, 0.25) is 0 Å². The lowest BCUT2D eigenvalue weighted by atomic mass is 9.97. The number of hydrogen-bond donors (Lipinski definition) is 3. The maximum atomic E-state index is 13.7. The molecule has 1 aliphatic carbocycles. The summed E-state index contributed by atoms with van der Waals surface area (Å²) in [4.78, 5) is 26.5. The van der Waals surface area contributed by atoms with Crippen LogP contribution in [-0.2, 0) is 17.8 Å². The molecular formula is C20H22ClFN4O2. The molecular weight excluding hydrogens is 383 g/mol. The number of carbonyl (C=O) groups excluding carboxylic acids is 2. The van der Waals surface area contributed by atoms with Gasteiger partial charge in [-0.25, -0.2) is 9.18 Å². The van der Waals surface area contributed by atoms with Crippen molar-refractivity contribution in [3.8, 4) is 0 Å². The van der Waals surface area contributed by atoms with E-state index < -0.39 is 17.4 Å². The summed E-state index contributed by atoms with van der Waals surface area (Å²) in [7, 11) is 0. The lowest BCUT2D eigenvalue weighted by Crippen LogP contribution is -2.47. The zero-order chi connectivity index (χ0) is 19.0. The molecule has 0 unspecified atom stereocenters. The Bertz CT molecular complexity index is 917. The Morgan fingerprint density at radius 1 is 1.04 bits per heavy atom. The molecule has 0 atom stereocenters. The molecule has 3 amide bonds. The molecule has 0 spiro atoms. The van der Waals surface area contributed by atoms with Crippen LogP contribution < -0.4 is 16.4 Å². The molecule has 1 saturated carbocycles. The van der Waals surface area contributed by atoms with E-state index in [9.17, 15) is 14.0 Å². The molecule has 2 aliphatic rings. The first-order valence-electron chi connectivity index (χ1n) is 8.98. The number of nitrogens with two attached hydrogens (primary N) is 1. The van der Waals surface area contributed by atoms with Crippen molar-refractivity contribution in [2.24, 2.45) is 5.73 Å². The van der Waals surface area contributed by atoms with Crippen LogP contribution in [0.15, 0.2) is 42.5 Å². The third kappa shape index (κ3) is 3.95. The van der Waals surface area contributed by atoms with E-state index in [1.165, 1.54) is 12.1 Å². The molecule has 0 saturated heterocycles. The van der Waals surface area contributed by atoms with Gasteiger partial charge in [0.1, 0.15) is 5.82 Å². The summed E-state index contributed by atoms with van der Waals surface area (Å²) in [6, 6.07) is 11.1. The van der Waals surface area contributed by atoms with Crippen molar-refractivity contribution in [3.05, 3.63) is 59.4 Å². The molecule has 4 rings (SSSR count). The third-order valence-corrected chi connectivity index (χ3v) is 5.14. The molecule has 2 aromatic carbocycles. The number of urea groups is 1. The van der Waals surface area contributed by atoms with Gasteiger partial charge in [-0.15, -0.1) is 12.4 Å². The summed E-state index contributed by atoms with van der Waals surface area (Å²) >= 11 is 0. The van der Waals surface area contributed by atoms with Gasteiger partial charge in [-0.3, -0.25) is 4.79 Å². The highest BCUT2D eigenvalue weighted by molar-refractivity contribution is 6.00. The van der Waals surface area contributed by atoms with E-state index in [4.69, 9.17) is 5.73 Å². The smallest absolute Gasteiger partial charge is 0.323 e. The predicted molar refractivity (Wildman–Crippen MR) is 108 cm³/mol. The highest BCUT2D eigenvalue weighted by Crippen LogP contribution is 2.36. The number of halogens is 2. The lowest BCUT2D eigenvalue weighted by Gasteiger charge is -2.32. The Kier molecular flexibility index (Phi) is 5.58. The van der Waals surface area contributed by atoms with Crippen LogP contribution in [0.5, 0.6) is 0 Å². The number of rotatable bonds is 3. The molecule has 1 heterocycles. The first kappa shape index (κ1) is 20.1. The number of nitrogens with one attached hydrogen (secondary N) is 2. The molecule has 0 bridgehead atoms. The van der Waals surface area contributed by atoms with Gasteiger partial charge in [0.2, 0.25) is 5.91 Å². The Balaban J connectivity index is 0.00000225. The number of para-hydroxylation sites is 1. The average Bonchev–Trinajstić information content (AvgIpc) is 3.41. The number of benzene rings is 2. The Morgan fingerprint density at radius 2 is 1.71 bits per heavy atom. The second-order valence-corrected chi connectivity index (χ2v) is 7.14. The summed E-state index contributed by atoms with van der Waals surface area (Å²) in [5.41, 5.74) is 8.13. The summed E-state index contributed by atoms with van der Waals surface area (Å²) in [6.45, 7) is 1.05. The largest absolute Gasteiger partial charge is 0.336 e. The monoisotopic (exact) mass is 404 g/mol. The molecule has 6 nitrogen and oxygen atoms in total. The van der Waals surface area contributed by atoms with Crippen LogP contribution in [0.3, 0.4) is 0 Å². The topological polar surface area (TPSA) is 87.5 Å². The van der Waals surface area contributed by atoms with Crippen molar-refractivity contribution < 1.29 is 14.0 Å². The van der Waals surface area contributed by atoms with Crippen molar-refractivity contribution in [1.29, 1.82) is 0 Å². The first-order chi connectivity index (χ1) is 13.0. The Morgan fingerprint density at radius 3 is 2.43 bits per heavy atom. The van der Waals surface area contributed by atoms with Gasteiger partial charge in [0.15, 0.2) is 0 Å². The van der Waals surface area contributed by atoms with Gasteiger partial charge in [0, 0.05) is 18.8 Å². The van der Waals surface area contributed by atoms with Crippen LogP contribution in [0, 0.1) is 5.82 Å². The normalized spacial score (nSPS) is 16.4. The van der Waals surface area contributed by atoms with E-state index in [0.717, 1.165) is 24.0 Å². The van der Waals surface area contributed by atoms with Crippen molar-refractivity contribution in [2.45, 2.75) is 31.3 Å². The fraction of sp³-hybridized carbons (Fsp3) is 0.300. The number of hydrogen-bond acceptors (Lipinski definition) is 3. The van der Waals surface area contributed by atoms with Gasteiger partial charge < -0.3 is 21.3 Å². The Labute approximate surface area is 168 Å². The molecule has 28 heavy (non-hydrogen) atoms. The summed E-state index contributed by atoms with van der Waals surface area (Å²) in [5, 5.41) is 5.30. The molecule has 1 aliphatic heterocycles. The van der Waals surface area contributed by atoms with Crippen molar-refractivity contribution in [3.63, 3.8) is 0 Å². The molecule has 148 valence electrons. The second-order valence-electron chi connectivity index (χ2n) is 7.14. The highest BCUT2D eigenvalue weighted by Gasteiger charge is 2.48. The number of anilines is 2. The number of nitrogens with zero attached hydrogens (tertiary/aromatic N) is 1. The van der Waals surface area contributed by atoms with Gasteiger partial charge in [-0.05, 0) is 48.6 Å². The van der Waals surface area contributed by atoms with E-state index in [2.05, 4.69) is 10.6 Å². The van der Waals surface area contributed by atoms with Crippen LogP contribution in [0.25, 0.3) is 0 Å². The van der Waals surface area contributed by atoms with Gasteiger partial charge in [0.05, 0.1) is 11.2 Å². The second kappa shape index (κ2) is 7.77.